The highest BCUT2D eigenvalue weighted by atomic mass is 15.1. The Balaban J connectivity index is 2.07. The summed E-state index contributed by atoms with van der Waals surface area (Å²) in [7, 11) is 2.21. The first-order valence-corrected chi connectivity index (χ1v) is 10.2. The predicted molar refractivity (Wildman–Crippen MR) is 120 cm³/mol. The topological polar surface area (TPSA) is 3.24 Å². The monoisotopic (exact) mass is 363 g/mol. The van der Waals surface area contributed by atoms with E-state index in [1.807, 2.05) is 0 Å². The molecule has 146 valence electrons. The molecule has 2 aromatic carbocycles. The van der Waals surface area contributed by atoms with Crippen LogP contribution in [0.4, 0.5) is 11.4 Å². The van der Waals surface area contributed by atoms with Gasteiger partial charge in [0.2, 0.25) is 0 Å². The molecule has 1 aliphatic carbocycles. The van der Waals surface area contributed by atoms with E-state index in [-0.39, 0.29) is 16.2 Å². The van der Waals surface area contributed by atoms with E-state index in [0.717, 1.165) is 0 Å². The van der Waals surface area contributed by atoms with Crippen LogP contribution in [0.5, 0.6) is 0 Å². The van der Waals surface area contributed by atoms with Gasteiger partial charge in [-0.1, -0.05) is 66.7 Å². The van der Waals surface area contributed by atoms with Crippen molar-refractivity contribution in [2.75, 3.05) is 11.9 Å². The van der Waals surface area contributed by atoms with Crippen LogP contribution in [-0.4, -0.2) is 7.05 Å². The number of nitrogens with zero attached hydrogens (tertiary/aromatic N) is 1. The number of anilines is 2. The Morgan fingerprint density at radius 3 is 1.85 bits per heavy atom. The molecule has 2 aromatic rings. The third-order valence-electron chi connectivity index (χ3n) is 6.43. The van der Waals surface area contributed by atoms with Crippen LogP contribution in [0.25, 0.3) is 0 Å². The summed E-state index contributed by atoms with van der Waals surface area (Å²) in [6.07, 6.45) is 1.21. The Morgan fingerprint density at radius 1 is 0.815 bits per heavy atom. The summed E-state index contributed by atoms with van der Waals surface area (Å²) in [5.41, 5.74) is 10.4. The van der Waals surface area contributed by atoms with Crippen LogP contribution in [0, 0.1) is 13.8 Å². The van der Waals surface area contributed by atoms with Crippen molar-refractivity contribution in [1.29, 1.82) is 0 Å². The number of benzene rings is 2. The zero-order valence-corrected chi connectivity index (χ0v) is 19.0. The lowest BCUT2D eigenvalue weighted by atomic mass is 9.82. The quantitative estimate of drug-likeness (QED) is 0.540. The van der Waals surface area contributed by atoms with Crippen molar-refractivity contribution in [3.63, 3.8) is 0 Å². The van der Waals surface area contributed by atoms with Gasteiger partial charge in [0.15, 0.2) is 0 Å². The molecule has 0 radical (unpaired) electrons. The molecular weight excluding hydrogens is 326 g/mol. The predicted octanol–water partition coefficient (Wildman–Crippen LogP) is 7.33. The standard InChI is InChI=1S/C26H37N/c1-17-13-19(24(3,4)5)14-18(2)23(17)27(10)20-11-12-21-22(15-20)26(8,9)16-25(21,6)7/h11-15H,16H2,1-10H3. The summed E-state index contributed by atoms with van der Waals surface area (Å²) < 4.78 is 0. The average molecular weight is 364 g/mol. The van der Waals surface area contributed by atoms with Crippen molar-refractivity contribution in [2.45, 2.75) is 85.0 Å². The molecule has 1 nitrogen and oxygen atoms in total. The summed E-state index contributed by atoms with van der Waals surface area (Å²) in [5.74, 6) is 0. The third kappa shape index (κ3) is 3.42. The molecule has 0 aromatic heterocycles. The maximum atomic E-state index is 2.43. The molecule has 27 heavy (non-hydrogen) atoms. The van der Waals surface area contributed by atoms with Crippen molar-refractivity contribution in [3.8, 4) is 0 Å². The van der Waals surface area contributed by atoms with Crippen molar-refractivity contribution >= 4 is 11.4 Å². The minimum absolute atomic E-state index is 0.176. The van der Waals surface area contributed by atoms with Gasteiger partial charge in [-0.25, -0.2) is 0 Å². The lowest BCUT2D eigenvalue weighted by molar-refractivity contribution is 0.403. The van der Waals surface area contributed by atoms with Crippen LogP contribution < -0.4 is 4.90 Å². The largest absolute Gasteiger partial charge is 0.344 e. The molecule has 0 N–H and O–H groups in total. The Bertz CT molecular complexity index is 855. The van der Waals surface area contributed by atoms with Crippen LogP contribution in [0.3, 0.4) is 0 Å². The zero-order valence-electron chi connectivity index (χ0n) is 19.0. The lowest BCUT2D eigenvalue weighted by Gasteiger charge is -2.29. The smallest absolute Gasteiger partial charge is 0.0467 e. The molecule has 0 amide bonds. The van der Waals surface area contributed by atoms with E-state index in [0.29, 0.717) is 0 Å². The van der Waals surface area contributed by atoms with Crippen LogP contribution in [-0.2, 0) is 16.2 Å². The molecule has 0 saturated heterocycles. The molecule has 1 aliphatic rings. The molecule has 3 rings (SSSR count). The zero-order chi connectivity index (χ0) is 20.4. The number of fused-ring (bicyclic) bond motifs is 1. The summed E-state index contributed by atoms with van der Waals surface area (Å²) >= 11 is 0. The normalized spacial score (nSPS) is 17.7. The number of hydrogen-bond donors (Lipinski definition) is 0. The van der Waals surface area contributed by atoms with Gasteiger partial charge in [-0.2, -0.15) is 0 Å². The average Bonchev–Trinajstić information content (AvgIpc) is 2.70. The minimum atomic E-state index is 0.176. The Hall–Kier alpha value is -1.76. The molecule has 0 atom stereocenters. The first-order chi connectivity index (χ1) is 12.2. The maximum Gasteiger partial charge on any atom is 0.0467 e. The fourth-order valence-electron chi connectivity index (χ4n) is 5.23. The van der Waals surface area contributed by atoms with E-state index in [4.69, 9.17) is 0 Å². The summed E-state index contributed by atoms with van der Waals surface area (Å²) in [5, 5.41) is 0. The first kappa shape index (κ1) is 20.0. The van der Waals surface area contributed by atoms with Crippen LogP contribution in [0.1, 0.15) is 82.7 Å². The van der Waals surface area contributed by atoms with Crippen LogP contribution >= 0.6 is 0 Å². The van der Waals surface area contributed by atoms with Gasteiger partial charge >= 0.3 is 0 Å². The van der Waals surface area contributed by atoms with E-state index in [1.54, 1.807) is 0 Å². The molecule has 0 unspecified atom stereocenters. The molecule has 0 aliphatic heterocycles. The van der Waals surface area contributed by atoms with Gasteiger partial charge in [0.25, 0.3) is 0 Å². The third-order valence-corrected chi connectivity index (χ3v) is 6.43. The second kappa shape index (κ2) is 6.12. The van der Waals surface area contributed by atoms with Gasteiger partial charge < -0.3 is 4.90 Å². The second-order valence-electron chi connectivity index (χ2n) is 10.9. The van der Waals surface area contributed by atoms with Crippen molar-refractivity contribution in [3.05, 3.63) is 58.1 Å². The van der Waals surface area contributed by atoms with Gasteiger partial charge in [-0.15, -0.1) is 0 Å². The molecular formula is C26H37N. The van der Waals surface area contributed by atoms with Gasteiger partial charge in [-0.05, 0) is 76.5 Å². The minimum Gasteiger partial charge on any atom is -0.344 e. The van der Waals surface area contributed by atoms with E-state index >= 15 is 0 Å². The highest BCUT2D eigenvalue weighted by Gasteiger charge is 2.41. The molecule has 0 spiro atoms. The van der Waals surface area contributed by atoms with Crippen molar-refractivity contribution < 1.29 is 0 Å². The molecule has 1 heteroatoms. The summed E-state index contributed by atoms with van der Waals surface area (Å²) in [6.45, 7) is 20.9. The molecule has 0 heterocycles. The fraction of sp³-hybridized carbons (Fsp3) is 0.538. The Morgan fingerprint density at radius 2 is 1.33 bits per heavy atom. The number of aryl methyl sites for hydroxylation is 2. The molecule has 0 fully saturated rings. The first-order valence-electron chi connectivity index (χ1n) is 10.2. The maximum absolute atomic E-state index is 2.43. The van der Waals surface area contributed by atoms with E-state index < -0.39 is 0 Å². The van der Waals surface area contributed by atoms with Gasteiger partial charge in [0.1, 0.15) is 0 Å². The highest BCUT2D eigenvalue weighted by molar-refractivity contribution is 5.71. The van der Waals surface area contributed by atoms with E-state index in [2.05, 4.69) is 105 Å². The van der Waals surface area contributed by atoms with Gasteiger partial charge in [0, 0.05) is 18.4 Å². The van der Waals surface area contributed by atoms with Crippen molar-refractivity contribution in [2.24, 2.45) is 0 Å². The van der Waals surface area contributed by atoms with Crippen LogP contribution in [0.2, 0.25) is 0 Å². The van der Waals surface area contributed by atoms with E-state index in [1.165, 1.54) is 45.6 Å². The molecule has 0 bridgehead atoms. The number of rotatable bonds is 2. The number of hydrogen-bond acceptors (Lipinski definition) is 1. The summed E-state index contributed by atoms with van der Waals surface area (Å²) in [6, 6.07) is 11.8. The molecule has 0 saturated carbocycles. The highest BCUT2D eigenvalue weighted by Crippen LogP contribution is 2.50. The van der Waals surface area contributed by atoms with Crippen molar-refractivity contribution in [1.82, 2.24) is 0 Å². The Labute approximate surface area is 166 Å². The lowest BCUT2D eigenvalue weighted by Crippen LogP contribution is -2.18. The van der Waals surface area contributed by atoms with E-state index in [9.17, 15) is 0 Å². The van der Waals surface area contributed by atoms with Gasteiger partial charge in [-0.3, -0.25) is 0 Å². The Kier molecular flexibility index (Phi) is 4.53. The van der Waals surface area contributed by atoms with Crippen LogP contribution in [0.15, 0.2) is 30.3 Å². The van der Waals surface area contributed by atoms with Gasteiger partial charge in [0.05, 0.1) is 0 Å². The fourth-order valence-corrected chi connectivity index (χ4v) is 5.23. The summed E-state index contributed by atoms with van der Waals surface area (Å²) in [4.78, 5) is 2.37. The SMILES string of the molecule is Cc1cc(C(C)(C)C)cc(C)c1N(C)c1ccc2c(c1)C(C)(C)CC2(C)C. The second-order valence-corrected chi connectivity index (χ2v) is 10.9.